The van der Waals surface area contributed by atoms with Gasteiger partial charge in [0.25, 0.3) is 0 Å². The molecule has 20 heavy (non-hydrogen) atoms. The van der Waals surface area contributed by atoms with E-state index in [2.05, 4.69) is 14.5 Å². The first-order valence-electron chi connectivity index (χ1n) is 4.86. The van der Waals surface area contributed by atoms with Crippen molar-refractivity contribution in [3.8, 4) is 17.7 Å². The van der Waals surface area contributed by atoms with Gasteiger partial charge in [0.05, 0.1) is 19.6 Å². The first-order valence-corrected chi connectivity index (χ1v) is 4.86. The van der Waals surface area contributed by atoms with Gasteiger partial charge in [-0.15, -0.1) is 13.2 Å². The van der Waals surface area contributed by atoms with E-state index in [1.54, 1.807) is 0 Å². The SMILES string of the molecule is COc1c(CC#N)cc(OC(F)(F)F)nc1C(F)(F)F. The maximum Gasteiger partial charge on any atom is 0.574 e. The standard InChI is InChI=1S/C10H6F6N2O2/c1-19-7-5(2-3-17)4-6(20-10(14,15)16)18-8(7)9(11,12)13/h4H,2H2,1H3. The fourth-order valence-electron chi connectivity index (χ4n) is 1.37. The smallest absolute Gasteiger partial charge is 0.494 e. The number of nitriles is 1. The summed E-state index contributed by atoms with van der Waals surface area (Å²) < 4.78 is 82.0. The minimum absolute atomic E-state index is 0.406. The molecular weight excluding hydrogens is 294 g/mol. The Labute approximate surface area is 108 Å². The normalized spacial score (nSPS) is 11.9. The van der Waals surface area contributed by atoms with Crippen molar-refractivity contribution in [2.75, 3.05) is 7.11 Å². The van der Waals surface area contributed by atoms with Crippen molar-refractivity contribution in [3.63, 3.8) is 0 Å². The van der Waals surface area contributed by atoms with Crippen LogP contribution in [0.1, 0.15) is 11.3 Å². The number of ether oxygens (including phenoxy) is 2. The van der Waals surface area contributed by atoms with Gasteiger partial charge in [-0.1, -0.05) is 0 Å². The molecule has 0 unspecified atom stereocenters. The van der Waals surface area contributed by atoms with E-state index in [9.17, 15) is 26.3 Å². The van der Waals surface area contributed by atoms with E-state index in [0.717, 1.165) is 7.11 Å². The highest BCUT2D eigenvalue weighted by molar-refractivity contribution is 5.43. The highest BCUT2D eigenvalue weighted by Crippen LogP contribution is 2.39. The second-order valence-electron chi connectivity index (χ2n) is 3.38. The second kappa shape index (κ2) is 5.44. The topological polar surface area (TPSA) is 55.1 Å². The van der Waals surface area contributed by atoms with E-state index in [1.165, 1.54) is 6.07 Å². The Balaban J connectivity index is 3.44. The number of rotatable bonds is 3. The summed E-state index contributed by atoms with van der Waals surface area (Å²) in [5.74, 6) is -2.12. The van der Waals surface area contributed by atoms with Crippen LogP contribution in [-0.2, 0) is 12.6 Å². The molecule has 0 spiro atoms. The van der Waals surface area contributed by atoms with Crippen molar-refractivity contribution in [3.05, 3.63) is 17.3 Å². The molecule has 1 aromatic heterocycles. The molecule has 0 saturated heterocycles. The third kappa shape index (κ3) is 3.91. The van der Waals surface area contributed by atoms with E-state index in [-0.39, 0.29) is 0 Å². The van der Waals surface area contributed by atoms with Crippen LogP contribution in [0.5, 0.6) is 11.6 Å². The summed E-state index contributed by atoms with van der Waals surface area (Å²) in [4.78, 5) is 2.74. The molecule has 0 bridgehead atoms. The molecule has 0 saturated carbocycles. The highest BCUT2D eigenvalue weighted by atomic mass is 19.4. The van der Waals surface area contributed by atoms with Gasteiger partial charge in [0.15, 0.2) is 11.4 Å². The van der Waals surface area contributed by atoms with Crippen LogP contribution in [0.4, 0.5) is 26.3 Å². The zero-order chi connectivity index (χ0) is 15.6. The van der Waals surface area contributed by atoms with Crippen molar-refractivity contribution in [2.24, 2.45) is 0 Å². The average molecular weight is 300 g/mol. The Morgan fingerprint density at radius 2 is 1.85 bits per heavy atom. The van der Waals surface area contributed by atoms with Gasteiger partial charge in [-0.25, -0.2) is 4.98 Å². The molecule has 10 heteroatoms. The van der Waals surface area contributed by atoms with Crippen molar-refractivity contribution in [1.29, 1.82) is 5.26 Å². The average Bonchev–Trinajstić information content (AvgIpc) is 2.25. The molecule has 110 valence electrons. The first kappa shape index (κ1) is 15.9. The van der Waals surface area contributed by atoms with E-state index in [1.807, 2.05) is 0 Å². The number of aromatic nitrogens is 1. The number of hydrogen-bond donors (Lipinski definition) is 0. The minimum atomic E-state index is -5.20. The molecule has 0 aromatic carbocycles. The summed E-state index contributed by atoms with van der Waals surface area (Å²) >= 11 is 0. The molecule has 1 heterocycles. The monoisotopic (exact) mass is 300 g/mol. The van der Waals surface area contributed by atoms with Gasteiger partial charge in [0.2, 0.25) is 5.88 Å². The van der Waals surface area contributed by atoms with Gasteiger partial charge in [-0.3, -0.25) is 0 Å². The minimum Gasteiger partial charge on any atom is -0.494 e. The van der Waals surface area contributed by atoms with Crippen molar-refractivity contribution < 1.29 is 35.8 Å². The Hall–Kier alpha value is -2.18. The summed E-state index contributed by atoms with van der Waals surface area (Å²) in [6.07, 6.45) is -10.8. The van der Waals surface area contributed by atoms with Gasteiger partial charge in [0, 0.05) is 11.6 Å². The third-order valence-electron chi connectivity index (χ3n) is 1.99. The van der Waals surface area contributed by atoms with E-state index >= 15 is 0 Å². The molecular formula is C10H6F6N2O2. The molecule has 0 N–H and O–H groups in total. The number of alkyl halides is 6. The van der Waals surface area contributed by atoms with E-state index < -0.39 is 41.8 Å². The molecule has 1 aromatic rings. The van der Waals surface area contributed by atoms with Crippen LogP contribution in [0.3, 0.4) is 0 Å². The quantitative estimate of drug-likeness (QED) is 0.805. The van der Waals surface area contributed by atoms with Crippen LogP contribution in [0.2, 0.25) is 0 Å². The van der Waals surface area contributed by atoms with Gasteiger partial charge in [0.1, 0.15) is 0 Å². The summed E-state index contributed by atoms with van der Waals surface area (Å²) in [6, 6.07) is 2.09. The number of halogens is 6. The van der Waals surface area contributed by atoms with Crippen LogP contribution < -0.4 is 9.47 Å². The fraction of sp³-hybridized carbons (Fsp3) is 0.400. The van der Waals surface area contributed by atoms with Gasteiger partial charge in [-0.2, -0.15) is 18.4 Å². The van der Waals surface area contributed by atoms with Crippen LogP contribution in [-0.4, -0.2) is 18.5 Å². The lowest BCUT2D eigenvalue weighted by atomic mass is 10.1. The molecule has 0 aliphatic rings. The number of methoxy groups -OCH3 is 1. The second-order valence-corrected chi connectivity index (χ2v) is 3.38. The van der Waals surface area contributed by atoms with Crippen molar-refractivity contribution in [2.45, 2.75) is 19.0 Å². The Bertz CT molecular complexity index is 532. The van der Waals surface area contributed by atoms with Crippen molar-refractivity contribution in [1.82, 2.24) is 4.98 Å². The molecule has 0 atom stereocenters. The highest BCUT2D eigenvalue weighted by Gasteiger charge is 2.40. The molecule has 0 radical (unpaired) electrons. The van der Waals surface area contributed by atoms with Crippen LogP contribution in [0, 0.1) is 11.3 Å². The van der Waals surface area contributed by atoms with Gasteiger partial charge in [-0.05, 0) is 0 Å². The Morgan fingerprint density at radius 3 is 2.25 bits per heavy atom. The van der Waals surface area contributed by atoms with Gasteiger partial charge >= 0.3 is 12.5 Å². The van der Waals surface area contributed by atoms with E-state index in [0.29, 0.717) is 6.07 Å². The molecule has 0 aliphatic heterocycles. The summed E-state index contributed by atoms with van der Waals surface area (Å²) in [5.41, 5.74) is -2.09. The molecule has 0 aliphatic carbocycles. The first-order chi connectivity index (χ1) is 9.08. The predicted molar refractivity (Wildman–Crippen MR) is 51.8 cm³/mol. The third-order valence-corrected chi connectivity index (χ3v) is 1.99. The summed E-state index contributed by atoms with van der Waals surface area (Å²) in [6.45, 7) is 0. The fourth-order valence-corrected chi connectivity index (χ4v) is 1.37. The maximum atomic E-state index is 12.7. The number of pyridine rings is 1. The van der Waals surface area contributed by atoms with E-state index in [4.69, 9.17) is 5.26 Å². The molecule has 1 rings (SSSR count). The molecule has 0 amide bonds. The lowest BCUT2D eigenvalue weighted by Gasteiger charge is -2.16. The van der Waals surface area contributed by atoms with Crippen LogP contribution in [0.15, 0.2) is 6.07 Å². The largest absolute Gasteiger partial charge is 0.574 e. The summed E-state index contributed by atoms with van der Waals surface area (Å²) in [7, 11) is 0.886. The Kier molecular flexibility index (Phi) is 4.32. The van der Waals surface area contributed by atoms with Crippen molar-refractivity contribution >= 4 is 0 Å². The summed E-state index contributed by atoms with van der Waals surface area (Å²) in [5, 5.41) is 8.49. The van der Waals surface area contributed by atoms with Gasteiger partial charge < -0.3 is 9.47 Å². The maximum absolute atomic E-state index is 12.7. The predicted octanol–water partition coefficient (Wildman–Crippen LogP) is 3.07. The number of nitrogens with zero attached hydrogens (tertiary/aromatic N) is 2. The lowest BCUT2D eigenvalue weighted by molar-refractivity contribution is -0.276. The Morgan fingerprint density at radius 1 is 1.25 bits per heavy atom. The molecule has 4 nitrogen and oxygen atoms in total. The molecule has 0 fully saturated rings. The number of hydrogen-bond acceptors (Lipinski definition) is 4. The lowest BCUT2D eigenvalue weighted by Crippen LogP contribution is -2.20. The van der Waals surface area contributed by atoms with Crippen LogP contribution in [0.25, 0.3) is 0 Å². The zero-order valence-corrected chi connectivity index (χ0v) is 9.76. The zero-order valence-electron chi connectivity index (χ0n) is 9.76. The van der Waals surface area contributed by atoms with Crippen LogP contribution >= 0.6 is 0 Å².